The van der Waals surface area contributed by atoms with Gasteiger partial charge in [0.15, 0.2) is 0 Å². The van der Waals surface area contributed by atoms with E-state index in [4.69, 9.17) is 0 Å². The molecule has 106 valence electrons. The van der Waals surface area contributed by atoms with Crippen LogP contribution in [0.2, 0.25) is 0 Å². The summed E-state index contributed by atoms with van der Waals surface area (Å²) in [4.78, 5) is 7.07. The molecule has 2 heterocycles. The molecule has 1 atom stereocenters. The average Bonchev–Trinajstić information content (AvgIpc) is 2.61. The summed E-state index contributed by atoms with van der Waals surface area (Å²) in [5.41, 5.74) is 1.46. The zero-order valence-electron chi connectivity index (χ0n) is 12.5. The van der Waals surface area contributed by atoms with Gasteiger partial charge in [0.2, 0.25) is 0 Å². The molecule has 1 aliphatic rings. The van der Waals surface area contributed by atoms with Crippen LogP contribution in [0.1, 0.15) is 45.7 Å². The van der Waals surface area contributed by atoms with Crippen molar-refractivity contribution in [2.24, 2.45) is 0 Å². The van der Waals surface area contributed by atoms with Crippen LogP contribution in [0, 0.1) is 0 Å². The lowest BCUT2D eigenvalue weighted by molar-refractivity contribution is 0.151. The van der Waals surface area contributed by atoms with Crippen molar-refractivity contribution in [2.45, 2.75) is 58.2 Å². The van der Waals surface area contributed by atoms with Crippen molar-refractivity contribution in [1.82, 2.24) is 15.2 Å². The van der Waals surface area contributed by atoms with E-state index < -0.39 is 0 Å². The zero-order valence-corrected chi connectivity index (χ0v) is 12.5. The number of hydrogen-bond acceptors (Lipinski definition) is 3. The predicted octanol–water partition coefficient (Wildman–Crippen LogP) is 2.82. The first kappa shape index (κ1) is 14.5. The van der Waals surface area contributed by atoms with Crippen LogP contribution in [0.25, 0.3) is 0 Å². The zero-order chi connectivity index (χ0) is 13.7. The van der Waals surface area contributed by atoms with Crippen molar-refractivity contribution in [3.63, 3.8) is 0 Å². The fourth-order valence-electron chi connectivity index (χ4n) is 2.96. The smallest absolute Gasteiger partial charge is 0.0544 e. The molecule has 0 radical (unpaired) electrons. The minimum absolute atomic E-state index is 0.277. The Labute approximate surface area is 117 Å². The van der Waals surface area contributed by atoms with Crippen LogP contribution in [0.4, 0.5) is 0 Å². The molecule has 0 saturated carbocycles. The highest BCUT2D eigenvalue weighted by Gasteiger charge is 2.32. The third kappa shape index (κ3) is 3.54. The highest BCUT2D eigenvalue weighted by Crippen LogP contribution is 2.23. The van der Waals surface area contributed by atoms with Gasteiger partial charge in [-0.1, -0.05) is 19.9 Å². The number of hydrogen-bond donors (Lipinski definition) is 1. The van der Waals surface area contributed by atoms with Gasteiger partial charge in [0.05, 0.1) is 5.69 Å². The summed E-state index contributed by atoms with van der Waals surface area (Å²) in [6, 6.07) is 6.81. The number of nitrogens with zero attached hydrogens (tertiary/aromatic N) is 2. The van der Waals surface area contributed by atoms with Crippen LogP contribution >= 0.6 is 0 Å². The molecule has 1 N–H and O–H groups in total. The van der Waals surface area contributed by atoms with Crippen molar-refractivity contribution < 1.29 is 0 Å². The van der Waals surface area contributed by atoms with Gasteiger partial charge in [0.1, 0.15) is 0 Å². The number of aromatic nitrogens is 1. The summed E-state index contributed by atoms with van der Waals surface area (Å²) in [5, 5.41) is 3.78. The Hall–Kier alpha value is -0.930. The number of pyridine rings is 1. The fraction of sp³-hybridized carbons (Fsp3) is 0.688. The van der Waals surface area contributed by atoms with Crippen LogP contribution in [0.3, 0.4) is 0 Å². The Bertz CT molecular complexity index is 373. The van der Waals surface area contributed by atoms with Crippen LogP contribution in [0.5, 0.6) is 0 Å². The molecule has 0 amide bonds. The molecule has 1 aromatic rings. The summed E-state index contributed by atoms with van der Waals surface area (Å²) in [6.45, 7) is 10.1. The van der Waals surface area contributed by atoms with Gasteiger partial charge in [-0.15, -0.1) is 0 Å². The second-order valence-electron chi connectivity index (χ2n) is 5.78. The topological polar surface area (TPSA) is 28.2 Å². The van der Waals surface area contributed by atoms with Crippen molar-refractivity contribution in [3.05, 3.63) is 30.1 Å². The van der Waals surface area contributed by atoms with Gasteiger partial charge >= 0.3 is 0 Å². The summed E-state index contributed by atoms with van der Waals surface area (Å²) in [7, 11) is 0. The van der Waals surface area contributed by atoms with Gasteiger partial charge in [0.25, 0.3) is 0 Å². The van der Waals surface area contributed by atoms with Crippen LogP contribution < -0.4 is 5.32 Å². The molecule has 1 unspecified atom stereocenters. The maximum Gasteiger partial charge on any atom is 0.0544 e. The van der Waals surface area contributed by atoms with E-state index in [0.717, 1.165) is 19.6 Å². The number of rotatable bonds is 4. The van der Waals surface area contributed by atoms with Gasteiger partial charge in [-0.05, 0) is 44.9 Å². The second-order valence-corrected chi connectivity index (χ2v) is 5.78. The lowest BCUT2D eigenvalue weighted by atomic mass is 9.92. The number of nitrogens with one attached hydrogen (secondary N) is 1. The van der Waals surface area contributed by atoms with E-state index in [1.165, 1.54) is 25.0 Å². The van der Waals surface area contributed by atoms with E-state index in [-0.39, 0.29) is 5.54 Å². The molecule has 1 fully saturated rings. The summed E-state index contributed by atoms with van der Waals surface area (Å²) >= 11 is 0. The third-order valence-electron chi connectivity index (χ3n) is 4.64. The Balaban J connectivity index is 2.12. The summed E-state index contributed by atoms with van der Waals surface area (Å²) in [5.74, 6) is 0. The largest absolute Gasteiger partial charge is 0.310 e. The first-order chi connectivity index (χ1) is 9.19. The van der Waals surface area contributed by atoms with Gasteiger partial charge in [-0.3, -0.25) is 9.88 Å². The first-order valence-electron chi connectivity index (χ1n) is 7.58. The van der Waals surface area contributed by atoms with E-state index in [0.29, 0.717) is 6.04 Å². The Morgan fingerprint density at radius 2 is 2.16 bits per heavy atom. The molecule has 19 heavy (non-hydrogen) atoms. The normalized spacial score (nSPS) is 24.1. The average molecular weight is 261 g/mol. The van der Waals surface area contributed by atoms with Crippen LogP contribution in [0.15, 0.2) is 24.4 Å². The molecule has 3 nitrogen and oxygen atoms in total. The summed E-state index contributed by atoms with van der Waals surface area (Å²) in [6.07, 6.45) is 5.49. The van der Waals surface area contributed by atoms with Crippen LogP contribution in [-0.4, -0.2) is 34.6 Å². The molecule has 0 bridgehead atoms. The SMILES string of the molecule is CCC1(CC)CN(Cc2ccccn2)C(C)CCN1. The molecule has 1 saturated heterocycles. The van der Waals surface area contributed by atoms with Gasteiger partial charge in [-0.25, -0.2) is 0 Å². The Morgan fingerprint density at radius 1 is 1.37 bits per heavy atom. The maximum absolute atomic E-state index is 4.48. The van der Waals surface area contributed by atoms with Gasteiger partial charge in [-0.2, -0.15) is 0 Å². The van der Waals surface area contributed by atoms with Crippen molar-refractivity contribution in [1.29, 1.82) is 0 Å². The van der Waals surface area contributed by atoms with Crippen molar-refractivity contribution >= 4 is 0 Å². The summed E-state index contributed by atoms with van der Waals surface area (Å²) < 4.78 is 0. The molecule has 3 heteroatoms. The van der Waals surface area contributed by atoms with Gasteiger partial charge < -0.3 is 5.32 Å². The van der Waals surface area contributed by atoms with Gasteiger partial charge in [0, 0.05) is 30.9 Å². The van der Waals surface area contributed by atoms with E-state index in [9.17, 15) is 0 Å². The lowest BCUT2D eigenvalue weighted by Crippen LogP contribution is -2.51. The fourth-order valence-corrected chi connectivity index (χ4v) is 2.96. The highest BCUT2D eigenvalue weighted by atomic mass is 15.2. The van der Waals surface area contributed by atoms with Crippen LogP contribution in [-0.2, 0) is 6.54 Å². The van der Waals surface area contributed by atoms with E-state index in [1.807, 2.05) is 12.3 Å². The standard InChI is InChI=1S/C16H27N3/c1-4-16(5-2)13-19(14(3)9-11-18-16)12-15-8-6-7-10-17-15/h6-8,10,14,18H,4-5,9,11-13H2,1-3H3. The van der Waals surface area contributed by atoms with E-state index >= 15 is 0 Å². The maximum atomic E-state index is 4.48. The second kappa shape index (κ2) is 6.49. The first-order valence-corrected chi connectivity index (χ1v) is 7.58. The monoisotopic (exact) mass is 261 g/mol. The minimum Gasteiger partial charge on any atom is -0.310 e. The molecule has 1 aliphatic heterocycles. The quantitative estimate of drug-likeness (QED) is 0.903. The molecule has 0 aromatic carbocycles. The molecule has 0 spiro atoms. The minimum atomic E-state index is 0.277. The Kier molecular flexibility index (Phi) is 4.94. The van der Waals surface area contributed by atoms with E-state index in [1.54, 1.807) is 0 Å². The molecular formula is C16H27N3. The predicted molar refractivity (Wildman–Crippen MR) is 80.0 cm³/mol. The van der Waals surface area contributed by atoms with E-state index in [2.05, 4.69) is 48.1 Å². The molecule has 0 aliphatic carbocycles. The Morgan fingerprint density at radius 3 is 2.79 bits per heavy atom. The van der Waals surface area contributed by atoms with Crippen molar-refractivity contribution in [2.75, 3.05) is 13.1 Å². The highest BCUT2D eigenvalue weighted by molar-refractivity contribution is 5.04. The molecule has 2 rings (SSSR count). The van der Waals surface area contributed by atoms with Crippen molar-refractivity contribution in [3.8, 4) is 0 Å². The lowest BCUT2D eigenvalue weighted by Gasteiger charge is -2.37. The molecule has 1 aromatic heterocycles. The molecular weight excluding hydrogens is 234 g/mol. The third-order valence-corrected chi connectivity index (χ3v) is 4.64.